The Morgan fingerprint density at radius 2 is 1.87 bits per heavy atom. The fourth-order valence-electron chi connectivity index (χ4n) is 2.81. The van der Waals surface area contributed by atoms with Crippen LogP contribution in [0.3, 0.4) is 0 Å². The maximum atomic E-state index is 10.5. The average Bonchev–Trinajstić information content (AvgIpc) is 2.74. The van der Waals surface area contributed by atoms with Crippen molar-refractivity contribution in [2.75, 3.05) is 26.2 Å². The molecule has 0 radical (unpaired) electrons. The predicted octanol–water partition coefficient (Wildman–Crippen LogP) is -1.33. The molecular formula is C20H38N2O8. The third-order valence-electron chi connectivity index (χ3n) is 4.72. The highest BCUT2D eigenvalue weighted by atomic mass is 16.7. The van der Waals surface area contributed by atoms with E-state index in [0.717, 1.165) is 25.7 Å². The number of nitrogens with one attached hydrogen (secondary N) is 1. The van der Waals surface area contributed by atoms with Crippen LogP contribution < -0.4 is 5.32 Å². The summed E-state index contributed by atoms with van der Waals surface area (Å²) in [5.74, 6) is 0.169. The van der Waals surface area contributed by atoms with Crippen LogP contribution in [0, 0.1) is 0 Å². The summed E-state index contributed by atoms with van der Waals surface area (Å²) in [5.41, 5.74) is 0. The standard InChI is InChI=1S/C20H38N2O8/c1-3-5-7-21-10-13-9-14(24)18(28)20(29-13)30-19(16(26)12-23)17(27)15(25)11-22-8-6-4-2/h9-10,14-20,22-28H,3-8,11-12H2,1-2H3/t14-,15-,16+,17+,18+,19+,20-/m0/s1. The molecule has 0 aromatic carbocycles. The summed E-state index contributed by atoms with van der Waals surface area (Å²) in [5, 5.41) is 63.3. The molecule has 10 heteroatoms. The normalized spacial score (nSPS) is 26.1. The highest BCUT2D eigenvalue weighted by Gasteiger charge is 2.40. The number of rotatable bonds is 15. The van der Waals surface area contributed by atoms with E-state index in [1.807, 2.05) is 13.8 Å². The number of nitrogens with zero attached hydrogens (tertiary/aromatic N) is 1. The van der Waals surface area contributed by atoms with Gasteiger partial charge in [-0.15, -0.1) is 0 Å². The first-order valence-electron chi connectivity index (χ1n) is 10.6. The summed E-state index contributed by atoms with van der Waals surface area (Å²) in [6, 6.07) is 0. The van der Waals surface area contributed by atoms with Gasteiger partial charge in [0.2, 0.25) is 6.29 Å². The lowest BCUT2D eigenvalue weighted by molar-refractivity contribution is -0.258. The van der Waals surface area contributed by atoms with E-state index in [0.29, 0.717) is 13.1 Å². The third kappa shape index (κ3) is 8.94. The minimum atomic E-state index is -1.58. The van der Waals surface area contributed by atoms with Crippen LogP contribution in [-0.2, 0) is 9.47 Å². The zero-order valence-electron chi connectivity index (χ0n) is 17.8. The molecule has 7 atom stereocenters. The zero-order chi connectivity index (χ0) is 22.5. The third-order valence-corrected chi connectivity index (χ3v) is 4.72. The summed E-state index contributed by atoms with van der Waals surface area (Å²) in [4.78, 5) is 4.17. The van der Waals surface area contributed by atoms with Gasteiger partial charge in [-0.1, -0.05) is 26.7 Å². The minimum absolute atomic E-state index is 0.0467. The van der Waals surface area contributed by atoms with Crippen molar-refractivity contribution in [1.82, 2.24) is 5.32 Å². The molecule has 1 rings (SSSR count). The van der Waals surface area contributed by atoms with Crippen LogP contribution in [0.15, 0.2) is 16.8 Å². The predicted molar refractivity (Wildman–Crippen MR) is 111 cm³/mol. The number of aliphatic hydroxyl groups is 6. The van der Waals surface area contributed by atoms with Crippen LogP contribution >= 0.6 is 0 Å². The Hall–Kier alpha value is -1.11. The van der Waals surface area contributed by atoms with E-state index in [-0.39, 0.29) is 12.3 Å². The lowest BCUT2D eigenvalue weighted by atomic mass is 10.0. The largest absolute Gasteiger partial charge is 0.461 e. The number of allylic oxidation sites excluding steroid dienone is 1. The summed E-state index contributed by atoms with van der Waals surface area (Å²) in [6.07, 6.45) is -3.76. The van der Waals surface area contributed by atoms with Crippen LogP contribution in [0.1, 0.15) is 39.5 Å². The first kappa shape index (κ1) is 26.9. The van der Waals surface area contributed by atoms with Gasteiger partial charge in [-0.3, -0.25) is 4.99 Å². The number of hydrogen-bond acceptors (Lipinski definition) is 10. The van der Waals surface area contributed by atoms with E-state index < -0.39 is 49.5 Å². The van der Waals surface area contributed by atoms with Crippen molar-refractivity contribution < 1.29 is 40.1 Å². The Kier molecular flexibility index (Phi) is 13.3. The van der Waals surface area contributed by atoms with Gasteiger partial charge in [0.1, 0.15) is 36.3 Å². The molecule has 0 amide bonds. The second-order valence-electron chi connectivity index (χ2n) is 7.39. The van der Waals surface area contributed by atoms with Crippen molar-refractivity contribution in [2.45, 2.75) is 82.4 Å². The van der Waals surface area contributed by atoms with E-state index in [1.54, 1.807) is 0 Å². The first-order valence-corrected chi connectivity index (χ1v) is 10.6. The van der Waals surface area contributed by atoms with Gasteiger partial charge in [-0.2, -0.15) is 0 Å². The SMILES string of the molecule is CCCCN=CC1=C[C@H](O)[C@@H](O)[C@H](O[C@@H]([C@H](O)[C@@H](O)CNCCCC)[C@H](O)CO)O1. The number of hydrogen-bond donors (Lipinski definition) is 7. The number of unbranched alkanes of at least 4 members (excludes halogenated alkanes) is 2. The molecule has 30 heavy (non-hydrogen) atoms. The molecule has 0 saturated heterocycles. The van der Waals surface area contributed by atoms with Crippen molar-refractivity contribution in [3.63, 3.8) is 0 Å². The van der Waals surface area contributed by atoms with Gasteiger partial charge in [0.05, 0.1) is 18.9 Å². The molecule has 176 valence electrons. The molecule has 0 aromatic heterocycles. The van der Waals surface area contributed by atoms with E-state index in [9.17, 15) is 30.6 Å². The fraction of sp³-hybridized carbons (Fsp3) is 0.850. The minimum Gasteiger partial charge on any atom is -0.461 e. The first-order chi connectivity index (χ1) is 14.3. The van der Waals surface area contributed by atoms with Crippen molar-refractivity contribution in [3.05, 3.63) is 11.8 Å². The van der Waals surface area contributed by atoms with Crippen LogP contribution in [0.4, 0.5) is 0 Å². The van der Waals surface area contributed by atoms with Crippen molar-refractivity contribution >= 4 is 6.21 Å². The van der Waals surface area contributed by atoms with E-state index >= 15 is 0 Å². The van der Waals surface area contributed by atoms with Crippen LogP contribution in [0.5, 0.6) is 0 Å². The molecule has 10 nitrogen and oxygen atoms in total. The number of aliphatic hydroxyl groups excluding tert-OH is 6. The molecule has 7 N–H and O–H groups in total. The molecule has 0 saturated carbocycles. The summed E-state index contributed by atoms with van der Waals surface area (Å²) < 4.78 is 11.0. The highest BCUT2D eigenvalue weighted by molar-refractivity contribution is 5.76. The van der Waals surface area contributed by atoms with E-state index in [1.165, 1.54) is 12.3 Å². The van der Waals surface area contributed by atoms with E-state index in [4.69, 9.17) is 9.47 Å². The molecule has 1 aliphatic rings. The molecule has 0 bridgehead atoms. The molecule has 0 aliphatic carbocycles. The Morgan fingerprint density at radius 1 is 1.17 bits per heavy atom. The van der Waals surface area contributed by atoms with Gasteiger partial charge in [0.25, 0.3) is 0 Å². The van der Waals surface area contributed by atoms with Gasteiger partial charge in [-0.05, 0) is 25.5 Å². The van der Waals surface area contributed by atoms with Crippen LogP contribution in [0.2, 0.25) is 0 Å². The van der Waals surface area contributed by atoms with Crippen LogP contribution in [0.25, 0.3) is 0 Å². The van der Waals surface area contributed by atoms with Crippen LogP contribution in [-0.4, -0.2) is 106 Å². The maximum Gasteiger partial charge on any atom is 0.229 e. The summed E-state index contributed by atoms with van der Waals surface area (Å²) in [7, 11) is 0. The lowest BCUT2D eigenvalue weighted by Crippen LogP contribution is -2.54. The van der Waals surface area contributed by atoms with Crippen molar-refractivity contribution in [3.8, 4) is 0 Å². The van der Waals surface area contributed by atoms with Gasteiger partial charge in [-0.25, -0.2) is 0 Å². The topological polar surface area (TPSA) is 164 Å². The highest BCUT2D eigenvalue weighted by Crippen LogP contribution is 2.22. The smallest absolute Gasteiger partial charge is 0.229 e. The molecule has 0 fully saturated rings. The molecule has 0 spiro atoms. The zero-order valence-corrected chi connectivity index (χ0v) is 17.8. The monoisotopic (exact) mass is 434 g/mol. The maximum absolute atomic E-state index is 10.5. The Labute approximate surface area is 177 Å². The number of ether oxygens (including phenoxy) is 2. The fourth-order valence-corrected chi connectivity index (χ4v) is 2.81. The molecule has 1 aliphatic heterocycles. The van der Waals surface area contributed by atoms with Gasteiger partial charge in [0.15, 0.2) is 0 Å². The molecule has 0 aromatic rings. The molecule has 1 heterocycles. The second-order valence-corrected chi connectivity index (χ2v) is 7.39. The molecular weight excluding hydrogens is 396 g/mol. The van der Waals surface area contributed by atoms with Crippen molar-refractivity contribution in [1.29, 1.82) is 0 Å². The van der Waals surface area contributed by atoms with Gasteiger partial charge >= 0.3 is 0 Å². The van der Waals surface area contributed by atoms with Gasteiger partial charge in [0, 0.05) is 13.1 Å². The Bertz CT molecular complexity index is 519. The van der Waals surface area contributed by atoms with Gasteiger partial charge < -0.3 is 45.4 Å². The molecule has 0 unspecified atom stereocenters. The van der Waals surface area contributed by atoms with E-state index in [2.05, 4.69) is 10.3 Å². The lowest BCUT2D eigenvalue weighted by Gasteiger charge is -2.37. The average molecular weight is 435 g/mol. The Morgan fingerprint density at radius 3 is 2.50 bits per heavy atom. The second kappa shape index (κ2) is 14.8. The summed E-state index contributed by atoms with van der Waals surface area (Å²) >= 11 is 0. The Balaban J connectivity index is 2.80. The number of aliphatic imine (C=N–C) groups is 1. The van der Waals surface area contributed by atoms with Crippen molar-refractivity contribution in [2.24, 2.45) is 4.99 Å². The summed E-state index contributed by atoms with van der Waals surface area (Å²) in [6.45, 7) is 4.58. The quantitative estimate of drug-likeness (QED) is 0.122.